The van der Waals surface area contributed by atoms with Crippen LogP contribution in [0.4, 0.5) is 5.69 Å². The molecule has 0 saturated carbocycles. The second kappa shape index (κ2) is 8.16. The average Bonchev–Trinajstić information content (AvgIpc) is 3.40. The molecule has 1 fully saturated rings. The Hall–Kier alpha value is -3.78. The predicted octanol–water partition coefficient (Wildman–Crippen LogP) is 4.10. The number of phenols is 1. The Morgan fingerprint density at radius 2 is 1.81 bits per heavy atom. The Balaban J connectivity index is 1.95. The van der Waals surface area contributed by atoms with Crippen LogP contribution in [0, 0.1) is 0 Å². The van der Waals surface area contributed by atoms with E-state index in [4.69, 9.17) is 9.47 Å². The summed E-state index contributed by atoms with van der Waals surface area (Å²) in [6.07, 6.45) is 0. The van der Waals surface area contributed by atoms with Crippen LogP contribution in [0.15, 0.2) is 65.6 Å². The summed E-state index contributed by atoms with van der Waals surface area (Å²) in [5.74, 6) is -1.40. The van der Waals surface area contributed by atoms with E-state index in [-0.39, 0.29) is 34.1 Å². The highest BCUT2D eigenvalue weighted by Gasteiger charge is 2.48. The zero-order valence-electron chi connectivity index (χ0n) is 16.7. The molecule has 1 saturated heterocycles. The number of nitrogens with zero attached hydrogens (tertiary/aromatic N) is 1. The van der Waals surface area contributed by atoms with E-state index in [0.717, 1.165) is 0 Å². The van der Waals surface area contributed by atoms with Gasteiger partial charge in [0.25, 0.3) is 11.7 Å². The Labute approximate surface area is 182 Å². The normalized spacial score (nSPS) is 17.7. The summed E-state index contributed by atoms with van der Waals surface area (Å²) >= 11 is 1.34. The number of carbonyl (C=O) groups is 2. The topological polar surface area (TPSA) is 96.3 Å². The first-order chi connectivity index (χ1) is 15.0. The third-order valence-electron chi connectivity index (χ3n) is 5.06. The molecule has 7 nitrogen and oxygen atoms in total. The highest BCUT2D eigenvalue weighted by Crippen LogP contribution is 2.46. The molecule has 1 aliphatic rings. The van der Waals surface area contributed by atoms with Crippen LogP contribution in [0.5, 0.6) is 17.2 Å². The van der Waals surface area contributed by atoms with E-state index >= 15 is 0 Å². The number of hydrogen-bond donors (Lipinski definition) is 2. The molecule has 2 heterocycles. The van der Waals surface area contributed by atoms with Crippen molar-refractivity contribution >= 4 is 34.5 Å². The van der Waals surface area contributed by atoms with Crippen LogP contribution in [0.25, 0.3) is 5.76 Å². The maximum atomic E-state index is 13.1. The maximum Gasteiger partial charge on any atom is 0.300 e. The summed E-state index contributed by atoms with van der Waals surface area (Å²) < 4.78 is 10.6. The standard InChI is InChI=1S/C23H19NO6S/c1-29-13-9-10-14(17(12-13)30-2)21(26)19-20(18-8-5-11-31-18)24(23(28)22(19)27)15-6-3-4-7-16(15)25/h3-12,20,25-26H,1-2H3/b21-19-. The van der Waals surface area contributed by atoms with Gasteiger partial charge in [0.1, 0.15) is 29.0 Å². The van der Waals surface area contributed by atoms with Crippen molar-refractivity contribution in [3.8, 4) is 17.2 Å². The van der Waals surface area contributed by atoms with E-state index in [9.17, 15) is 19.8 Å². The number of anilines is 1. The third-order valence-corrected chi connectivity index (χ3v) is 5.99. The maximum absolute atomic E-state index is 13.1. The van der Waals surface area contributed by atoms with Crippen molar-refractivity contribution < 1.29 is 29.3 Å². The number of carbonyl (C=O) groups excluding carboxylic acids is 2. The van der Waals surface area contributed by atoms with Gasteiger partial charge in [0.05, 0.1) is 31.0 Å². The lowest BCUT2D eigenvalue weighted by molar-refractivity contribution is -0.132. The number of aliphatic hydroxyl groups is 1. The van der Waals surface area contributed by atoms with Crippen LogP contribution in [-0.2, 0) is 9.59 Å². The van der Waals surface area contributed by atoms with Gasteiger partial charge in [-0.3, -0.25) is 14.5 Å². The van der Waals surface area contributed by atoms with Crippen molar-refractivity contribution in [1.82, 2.24) is 0 Å². The van der Waals surface area contributed by atoms with Gasteiger partial charge in [-0.2, -0.15) is 0 Å². The number of hydrogen-bond acceptors (Lipinski definition) is 7. The van der Waals surface area contributed by atoms with Crippen molar-refractivity contribution in [2.45, 2.75) is 6.04 Å². The number of ether oxygens (including phenoxy) is 2. The summed E-state index contributed by atoms with van der Waals surface area (Å²) in [5.41, 5.74) is 0.350. The Kier molecular flexibility index (Phi) is 5.39. The van der Waals surface area contributed by atoms with Gasteiger partial charge in [0.15, 0.2) is 0 Å². The van der Waals surface area contributed by atoms with Crippen LogP contribution in [-0.4, -0.2) is 36.1 Å². The first kappa shape index (κ1) is 20.5. The van der Waals surface area contributed by atoms with E-state index in [1.165, 1.54) is 36.5 Å². The number of para-hydroxylation sites is 2. The predicted molar refractivity (Wildman–Crippen MR) is 117 cm³/mol. The molecule has 0 aliphatic carbocycles. The fraction of sp³-hybridized carbons (Fsp3) is 0.130. The number of rotatable bonds is 5. The molecule has 8 heteroatoms. The summed E-state index contributed by atoms with van der Waals surface area (Å²) in [5, 5.41) is 23.4. The molecule has 1 amide bonds. The quantitative estimate of drug-likeness (QED) is 0.354. The van der Waals surface area contributed by atoms with E-state index in [1.807, 2.05) is 5.38 Å². The number of aliphatic hydroxyl groups excluding tert-OH is 1. The van der Waals surface area contributed by atoms with E-state index in [0.29, 0.717) is 10.6 Å². The second-order valence-electron chi connectivity index (χ2n) is 6.74. The minimum absolute atomic E-state index is 0.0841. The molecule has 158 valence electrons. The number of amides is 1. The van der Waals surface area contributed by atoms with E-state index in [1.54, 1.807) is 48.5 Å². The number of Topliss-reactive ketones (excluding diaryl/α,β-unsaturated/α-hetero) is 1. The molecule has 2 aromatic carbocycles. The largest absolute Gasteiger partial charge is 0.507 e. The van der Waals surface area contributed by atoms with Crippen molar-refractivity contribution in [3.05, 3.63) is 76.0 Å². The lowest BCUT2D eigenvalue weighted by Gasteiger charge is -2.24. The number of ketones is 1. The summed E-state index contributed by atoms with van der Waals surface area (Å²) in [6, 6.07) is 13.7. The zero-order valence-corrected chi connectivity index (χ0v) is 17.6. The molecule has 1 atom stereocenters. The average molecular weight is 437 g/mol. The smallest absolute Gasteiger partial charge is 0.300 e. The first-order valence-corrected chi connectivity index (χ1v) is 10.2. The number of phenolic OH excluding ortho intramolecular Hbond substituents is 1. The number of aromatic hydroxyl groups is 1. The number of thiophene rings is 1. The van der Waals surface area contributed by atoms with Crippen molar-refractivity contribution in [2.75, 3.05) is 19.1 Å². The monoisotopic (exact) mass is 437 g/mol. The van der Waals surface area contributed by atoms with Crippen LogP contribution >= 0.6 is 11.3 Å². The summed E-state index contributed by atoms with van der Waals surface area (Å²) in [7, 11) is 2.94. The number of benzene rings is 2. The van der Waals surface area contributed by atoms with Gasteiger partial charge in [-0.1, -0.05) is 18.2 Å². The molecule has 3 aromatic rings. The molecule has 1 aromatic heterocycles. The third kappa shape index (κ3) is 3.40. The lowest BCUT2D eigenvalue weighted by atomic mass is 9.99. The molecule has 1 aliphatic heterocycles. The molecule has 0 bridgehead atoms. The molecule has 2 N–H and O–H groups in total. The number of methoxy groups -OCH3 is 2. The van der Waals surface area contributed by atoms with Crippen LogP contribution in [0.2, 0.25) is 0 Å². The molecule has 31 heavy (non-hydrogen) atoms. The van der Waals surface area contributed by atoms with Gasteiger partial charge >= 0.3 is 0 Å². The van der Waals surface area contributed by atoms with Gasteiger partial charge < -0.3 is 19.7 Å². The van der Waals surface area contributed by atoms with Gasteiger partial charge in [0, 0.05) is 10.9 Å². The van der Waals surface area contributed by atoms with Crippen molar-refractivity contribution in [3.63, 3.8) is 0 Å². The van der Waals surface area contributed by atoms with Crippen LogP contribution < -0.4 is 14.4 Å². The van der Waals surface area contributed by atoms with Crippen LogP contribution in [0.1, 0.15) is 16.5 Å². The Morgan fingerprint density at radius 3 is 2.45 bits per heavy atom. The summed E-state index contributed by atoms with van der Waals surface area (Å²) in [4.78, 5) is 28.0. The zero-order chi connectivity index (χ0) is 22.1. The Bertz CT molecular complexity index is 1180. The van der Waals surface area contributed by atoms with Gasteiger partial charge in [-0.15, -0.1) is 11.3 Å². The van der Waals surface area contributed by atoms with Crippen LogP contribution in [0.3, 0.4) is 0 Å². The molecule has 0 radical (unpaired) electrons. The van der Waals surface area contributed by atoms with Gasteiger partial charge in [-0.25, -0.2) is 0 Å². The van der Waals surface area contributed by atoms with Crippen molar-refractivity contribution in [1.29, 1.82) is 0 Å². The fourth-order valence-corrected chi connectivity index (χ4v) is 4.43. The Morgan fingerprint density at radius 1 is 1.03 bits per heavy atom. The highest BCUT2D eigenvalue weighted by molar-refractivity contribution is 7.10. The minimum atomic E-state index is -0.903. The molecular weight excluding hydrogens is 418 g/mol. The molecule has 1 unspecified atom stereocenters. The van der Waals surface area contributed by atoms with Gasteiger partial charge in [0.2, 0.25) is 0 Å². The van der Waals surface area contributed by atoms with Crippen molar-refractivity contribution in [2.24, 2.45) is 0 Å². The first-order valence-electron chi connectivity index (χ1n) is 9.32. The lowest BCUT2D eigenvalue weighted by Crippen LogP contribution is -2.29. The van der Waals surface area contributed by atoms with Gasteiger partial charge in [-0.05, 0) is 35.7 Å². The molecular formula is C23H19NO6S. The second-order valence-corrected chi connectivity index (χ2v) is 7.72. The SMILES string of the molecule is COc1ccc(/C(O)=C2/C(=O)C(=O)N(c3ccccc3O)C2c2cccs2)c(OC)c1. The highest BCUT2D eigenvalue weighted by atomic mass is 32.1. The molecule has 4 rings (SSSR count). The minimum Gasteiger partial charge on any atom is -0.507 e. The van der Waals surface area contributed by atoms with E-state index in [2.05, 4.69) is 0 Å². The summed E-state index contributed by atoms with van der Waals surface area (Å²) in [6.45, 7) is 0. The van der Waals surface area contributed by atoms with E-state index < -0.39 is 17.7 Å². The molecule has 0 spiro atoms. The fourth-order valence-electron chi connectivity index (χ4n) is 3.60.